The zero-order valence-electron chi connectivity index (χ0n) is 22.0. The summed E-state index contributed by atoms with van der Waals surface area (Å²) >= 11 is 0. The van der Waals surface area contributed by atoms with Gasteiger partial charge in [-0.15, -0.1) is 0 Å². The number of carbonyl (C=O) groups is 1. The van der Waals surface area contributed by atoms with Crippen LogP contribution < -0.4 is 4.72 Å². The lowest BCUT2D eigenvalue weighted by molar-refractivity contribution is 0.0695. The van der Waals surface area contributed by atoms with Crippen LogP contribution in [-0.4, -0.2) is 19.5 Å². The van der Waals surface area contributed by atoms with E-state index in [9.17, 15) is 18.3 Å². The van der Waals surface area contributed by atoms with Crippen molar-refractivity contribution in [3.63, 3.8) is 0 Å². The topological polar surface area (TPSA) is 83.5 Å². The van der Waals surface area contributed by atoms with Gasteiger partial charge in [0.05, 0.1) is 10.5 Å². The molecule has 0 saturated heterocycles. The molecule has 0 fully saturated rings. The normalized spacial score (nSPS) is 11.9. The Bertz CT molecular complexity index is 1290. The Morgan fingerprint density at radius 2 is 1.36 bits per heavy atom. The summed E-state index contributed by atoms with van der Waals surface area (Å²) in [4.78, 5) is 11.8. The lowest BCUT2D eigenvalue weighted by Crippen LogP contribution is -2.19. The molecule has 0 bridgehead atoms. The number of aryl methyl sites for hydroxylation is 2. The Labute approximate surface area is 215 Å². The first-order valence-corrected chi connectivity index (χ1v) is 14.0. The quantitative estimate of drug-likeness (QED) is 0.301. The number of benzene rings is 3. The average molecular weight is 508 g/mol. The zero-order valence-corrected chi connectivity index (χ0v) is 22.8. The van der Waals surface area contributed by atoms with Gasteiger partial charge in [-0.2, -0.15) is 0 Å². The van der Waals surface area contributed by atoms with E-state index in [1.165, 1.54) is 0 Å². The molecule has 192 valence electrons. The smallest absolute Gasteiger partial charge is 0.335 e. The second-order valence-electron chi connectivity index (χ2n) is 10.3. The van der Waals surface area contributed by atoms with Crippen LogP contribution in [0.4, 0.5) is 5.69 Å². The molecule has 0 spiro atoms. The van der Waals surface area contributed by atoms with Crippen LogP contribution in [0.2, 0.25) is 0 Å². The number of carboxylic acids is 1. The first-order valence-electron chi connectivity index (χ1n) is 12.5. The van der Waals surface area contributed by atoms with Crippen molar-refractivity contribution in [2.75, 3.05) is 4.72 Å². The molecule has 0 amide bonds. The monoisotopic (exact) mass is 507 g/mol. The van der Waals surface area contributed by atoms with E-state index in [-0.39, 0.29) is 11.8 Å². The van der Waals surface area contributed by atoms with Crippen LogP contribution in [0.1, 0.15) is 97.5 Å². The summed E-state index contributed by atoms with van der Waals surface area (Å²) in [5, 5.41) is 9.39. The van der Waals surface area contributed by atoms with Gasteiger partial charge in [-0.05, 0) is 76.6 Å². The van der Waals surface area contributed by atoms with E-state index in [1.54, 1.807) is 24.3 Å². The number of aromatic carboxylic acids is 1. The van der Waals surface area contributed by atoms with E-state index in [4.69, 9.17) is 0 Å². The molecule has 3 aromatic carbocycles. The van der Waals surface area contributed by atoms with Crippen LogP contribution in [0, 0.1) is 0 Å². The van der Waals surface area contributed by atoms with Crippen LogP contribution in [0.5, 0.6) is 0 Å². The molecule has 0 aliphatic rings. The van der Waals surface area contributed by atoms with Gasteiger partial charge >= 0.3 is 5.97 Å². The summed E-state index contributed by atoms with van der Waals surface area (Å²) in [5.74, 6) is -0.509. The molecule has 5 nitrogen and oxygen atoms in total. The lowest BCUT2D eigenvalue weighted by atomic mass is 9.89. The van der Waals surface area contributed by atoms with Crippen molar-refractivity contribution in [2.24, 2.45) is 0 Å². The fraction of sp³-hybridized carbons (Fsp3) is 0.367. The van der Waals surface area contributed by atoms with Gasteiger partial charge in [0.1, 0.15) is 0 Å². The van der Waals surface area contributed by atoms with E-state index in [1.807, 2.05) is 64.1 Å². The SMILES string of the molecule is CC(C)c1cc(C(C)C)c(S(=O)(=O)Nc2ccc(CCc3ccccc3C(=O)O)cc2)c(C(C)C)c1. The molecule has 0 radical (unpaired) electrons. The Kier molecular flexibility index (Phi) is 8.62. The minimum atomic E-state index is -3.81. The molecule has 2 N–H and O–H groups in total. The predicted octanol–water partition coefficient (Wildman–Crippen LogP) is 7.34. The zero-order chi connectivity index (χ0) is 26.6. The van der Waals surface area contributed by atoms with E-state index < -0.39 is 16.0 Å². The maximum Gasteiger partial charge on any atom is 0.335 e. The summed E-state index contributed by atoms with van der Waals surface area (Å²) in [6, 6.07) is 18.4. The second-order valence-corrected chi connectivity index (χ2v) is 11.9. The Morgan fingerprint density at radius 1 is 0.806 bits per heavy atom. The van der Waals surface area contributed by atoms with Gasteiger partial charge in [-0.3, -0.25) is 4.72 Å². The maximum atomic E-state index is 13.7. The molecular formula is C30H37NO4S. The summed E-state index contributed by atoms with van der Waals surface area (Å²) in [6.07, 6.45) is 1.24. The van der Waals surface area contributed by atoms with Crippen molar-refractivity contribution in [2.45, 2.75) is 77.0 Å². The third-order valence-electron chi connectivity index (χ3n) is 6.49. The molecule has 0 aliphatic heterocycles. The fourth-order valence-corrected chi connectivity index (χ4v) is 6.13. The summed E-state index contributed by atoms with van der Waals surface area (Å²) in [7, 11) is -3.81. The van der Waals surface area contributed by atoms with Gasteiger partial charge in [-0.25, -0.2) is 13.2 Å². The lowest BCUT2D eigenvalue weighted by Gasteiger charge is -2.23. The molecule has 36 heavy (non-hydrogen) atoms. The minimum Gasteiger partial charge on any atom is -0.478 e. The van der Waals surface area contributed by atoms with Crippen LogP contribution >= 0.6 is 0 Å². The first-order chi connectivity index (χ1) is 16.9. The number of hydrogen-bond donors (Lipinski definition) is 2. The van der Waals surface area contributed by atoms with Crippen molar-refractivity contribution >= 4 is 21.7 Å². The molecule has 3 rings (SSSR count). The molecule has 3 aromatic rings. The van der Waals surface area contributed by atoms with Crippen molar-refractivity contribution in [1.82, 2.24) is 0 Å². The van der Waals surface area contributed by atoms with Gasteiger partial charge in [-0.1, -0.05) is 84.0 Å². The van der Waals surface area contributed by atoms with Crippen molar-refractivity contribution in [3.05, 3.63) is 94.0 Å². The summed E-state index contributed by atoms with van der Waals surface area (Å²) in [5.41, 5.74) is 5.42. The van der Waals surface area contributed by atoms with Crippen molar-refractivity contribution < 1.29 is 18.3 Å². The number of hydrogen-bond acceptors (Lipinski definition) is 3. The molecule has 0 saturated carbocycles. The molecule has 0 heterocycles. The van der Waals surface area contributed by atoms with Crippen molar-refractivity contribution in [1.29, 1.82) is 0 Å². The van der Waals surface area contributed by atoms with Crippen molar-refractivity contribution in [3.8, 4) is 0 Å². The molecule has 0 atom stereocenters. The highest BCUT2D eigenvalue weighted by atomic mass is 32.2. The predicted molar refractivity (Wildman–Crippen MR) is 147 cm³/mol. The second kappa shape index (κ2) is 11.3. The van der Waals surface area contributed by atoms with Crippen LogP contribution in [0.3, 0.4) is 0 Å². The van der Waals surface area contributed by atoms with E-state index >= 15 is 0 Å². The number of sulfonamides is 1. The first kappa shape index (κ1) is 27.5. The van der Waals surface area contributed by atoms with Gasteiger partial charge < -0.3 is 5.11 Å². The maximum absolute atomic E-state index is 13.7. The molecule has 0 unspecified atom stereocenters. The van der Waals surface area contributed by atoms with Crippen LogP contribution in [0.15, 0.2) is 65.6 Å². The molecule has 0 aromatic heterocycles. The summed E-state index contributed by atoms with van der Waals surface area (Å²) < 4.78 is 30.1. The number of carboxylic acid groups (broad SMARTS) is 1. The fourth-order valence-electron chi connectivity index (χ4n) is 4.37. The third kappa shape index (κ3) is 6.35. The van der Waals surface area contributed by atoms with E-state index in [0.717, 1.165) is 27.8 Å². The van der Waals surface area contributed by atoms with Crippen LogP contribution in [-0.2, 0) is 22.9 Å². The Morgan fingerprint density at radius 3 is 1.86 bits per heavy atom. The van der Waals surface area contributed by atoms with Gasteiger partial charge in [0.25, 0.3) is 10.0 Å². The van der Waals surface area contributed by atoms with Crippen LogP contribution in [0.25, 0.3) is 0 Å². The number of rotatable bonds is 10. The highest BCUT2D eigenvalue weighted by Crippen LogP contribution is 2.36. The molecular weight excluding hydrogens is 470 g/mol. The van der Waals surface area contributed by atoms with Gasteiger partial charge in [0.15, 0.2) is 0 Å². The van der Waals surface area contributed by atoms with E-state index in [2.05, 4.69) is 18.6 Å². The molecule has 6 heteroatoms. The third-order valence-corrected chi connectivity index (χ3v) is 8.00. The van der Waals surface area contributed by atoms with Gasteiger partial charge in [0, 0.05) is 5.69 Å². The van der Waals surface area contributed by atoms with Gasteiger partial charge in [0.2, 0.25) is 0 Å². The Hall–Kier alpha value is -3.12. The largest absolute Gasteiger partial charge is 0.478 e. The minimum absolute atomic E-state index is 0.0591. The standard InChI is InChI=1S/C30H37NO4S/c1-19(2)24-17-27(20(3)4)29(28(18-24)21(5)6)36(34,35)31-25-15-12-22(13-16-25)11-14-23-9-7-8-10-26(23)30(32)33/h7-10,12-13,15-21,31H,11,14H2,1-6H3,(H,32,33). The number of nitrogens with one attached hydrogen (secondary N) is 1. The van der Waals surface area contributed by atoms with E-state index in [0.29, 0.717) is 34.9 Å². The highest BCUT2D eigenvalue weighted by molar-refractivity contribution is 7.92. The number of anilines is 1. The Balaban J connectivity index is 1.86. The highest BCUT2D eigenvalue weighted by Gasteiger charge is 2.27. The average Bonchev–Trinajstić information content (AvgIpc) is 2.82. The molecule has 0 aliphatic carbocycles. The summed E-state index contributed by atoms with van der Waals surface area (Å²) in [6.45, 7) is 12.4.